The van der Waals surface area contributed by atoms with Gasteiger partial charge in [-0.3, -0.25) is 4.79 Å². The molecule has 0 bridgehead atoms. The number of hydrogen-bond donors (Lipinski definition) is 4. The first-order valence-electron chi connectivity index (χ1n) is 17.7. The molecule has 4 N–H and O–H groups in total. The molecule has 9 atom stereocenters. The summed E-state index contributed by atoms with van der Waals surface area (Å²) >= 11 is 0. The van der Waals surface area contributed by atoms with Gasteiger partial charge in [-0.05, 0) is 90.5 Å². The lowest BCUT2D eigenvalue weighted by Gasteiger charge is -2.33. The van der Waals surface area contributed by atoms with Crippen LogP contribution in [0.3, 0.4) is 0 Å². The van der Waals surface area contributed by atoms with Gasteiger partial charge in [0, 0.05) is 39.1 Å². The third-order valence-electron chi connectivity index (χ3n) is 9.66. The molecule has 0 aliphatic carbocycles. The lowest BCUT2D eigenvalue weighted by molar-refractivity contribution is -0.151. The zero-order valence-corrected chi connectivity index (χ0v) is 30.6. The SMILES string of the molecule is CCC(OC)C(C)CC(O)CC(C)(O)/C=C/C=C(\C)C1OC(=O)CC(O)CCCC(C)(O)C(OC(=O)N2CCCN(C)CC2)/C=C/C1C. The molecule has 48 heavy (non-hydrogen) atoms. The largest absolute Gasteiger partial charge is 0.457 e. The molecule has 0 aromatic carbocycles. The fourth-order valence-electron chi connectivity index (χ4n) is 6.61. The van der Waals surface area contributed by atoms with Gasteiger partial charge in [0.2, 0.25) is 0 Å². The first kappa shape index (κ1) is 41.9. The van der Waals surface area contributed by atoms with Gasteiger partial charge in [0.1, 0.15) is 11.7 Å². The lowest BCUT2D eigenvalue weighted by Crippen LogP contribution is -2.45. The number of carbonyl (C=O) groups excluding carboxylic acids is 2. The Morgan fingerprint density at radius 2 is 1.94 bits per heavy atom. The predicted molar refractivity (Wildman–Crippen MR) is 186 cm³/mol. The summed E-state index contributed by atoms with van der Waals surface area (Å²) in [5.74, 6) is -0.806. The van der Waals surface area contributed by atoms with Crippen LogP contribution in [0.25, 0.3) is 0 Å². The van der Waals surface area contributed by atoms with Gasteiger partial charge in [0.25, 0.3) is 0 Å². The van der Waals surface area contributed by atoms with E-state index >= 15 is 0 Å². The van der Waals surface area contributed by atoms with Crippen LogP contribution in [-0.2, 0) is 19.0 Å². The number of carbonyl (C=O) groups is 2. The fraction of sp³-hybridized carbons (Fsp3) is 0.784. The zero-order chi connectivity index (χ0) is 36.1. The Labute approximate surface area is 288 Å². The van der Waals surface area contributed by atoms with Crippen LogP contribution < -0.4 is 0 Å². The molecule has 11 heteroatoms. The molecule has 0 saturated carbocycles. The first-order valence-corrected chi connectivity index (χ1v) is 17.7. The molecule has 2 aliphatic rings. The Hall–Kier alpha value is -2.28. The van der Waals surface area contributed by atoms with Gasteiger partial charge < -0.3 is 44.4 Å². The molecule has 0 aromatic rings. The van der Waals surface area contributed by atoms with E-state index in [1.54, 1.807) is 56.2 Å². The Kier molecular flexibility index (Phi) is 17.3. The van der Waals surface area contributed by atoms with Crippen molar-refractivity contribution in [1.29, 1.82) is 0 Å². The molecule has 1 saturated heterocycles. The van der Waals surface area contributed by atoms with Crippen molar-refractivity contribution in [1.82, 2.24) is 9.80 Å². The fourth-order valence-corrected chi connectivity index (χ4v) is 6.61. The summed E-state index contributed by atoms with van der Waals surface area (Å²) in [6.07, 6.45) is 7.75. The number of cyclic esters (lactones) is 1. The number of ether oxygens (including phenoxy) is 3. The van der Waals surface area contributed by atoms with Crippen molar-refractivity contribution in [3.63, 3.8) is 0 Å². The number of likely N-dealkylation sites (N-methyl/N-ethyl adjacent to an activating group) is 1. The predicted octanol–water partition coefficient (Wildman–Crippen LogP) is 4.37. The van der Waals surface area contributed by atoms with Crippen molar-refractivity contribution in [2.45, 2.75) is 135 Å². The quantitative estimate of drug-likeness (QED) is 0.141. The molecule has 11 nitrogen and oxygen atoms in total. The smallest absolute Gasteiger partial charge is 0.410 e. The summed E-state index contributed by atoms with van der Waals surface area (Å²) in [7, 11) is 3.68. The number of rotatable bonds is 11. The molecule has 2 aliphatic heterocycles. The molecule has 0 radical (unpaired) electrons. The number of nitrogens with zero attached hydrogens (tertiary/aromatic N) is 2. The minimum absolute atomic E-state index is 0.0379. The monoisotopic (exact) mass is 680 g/mol. The summed E-state index contributed by atoms with van der Waals surface area (Å²) < 4.78 is 17.3. The van der Waals surface area contributed by atoms with E-state index in [9.17, 15) is 30.0 Å². The molecule has 2 heterocycles. The molecule has 9 unspecified atom stereocenters. The van der Waals surface area contributed by atoms with Gasteiger partial charge >= 0.3 is 12.1 Å². The van der Waals surface area contributed by atoms with Gasteiger partial charge in [-0.25, -0.2) is 4.79 Å². The second-order valence-electron chi connectivity index (χ2n) is 14.6. The van der Waals surface area contributed by atoms with Crippen LogP contribution in [0.4, 0.5) is 4.79 Å². The van der Waals surface area contributed by atoms with E-state index in [0.717, 1.165) is 25.9 Å². The van der Waals surface area contributed by atoms with E-state index in [2.05, 4.69) is 4.90 Å². The Balaban J connectivity index is 2.26. The summed E-state index contributed by atoms with van der Waals surface area (Å²) in [5, 5.41) is 43.7. The molecule has 1 amide bonds. The zero-order valence-electron chi connectivity index (χ0n) is 30.6. The van der Waals surface area contributed by atoms with E-state index < -0.39 is 53.6 Å². The highest BCUT2D eigenvalue weighted by Crippen LogP contribution is 2.28. The third-order valence-corrected chi connectivity index (χ3v) is 9.66. The standard InChI is InChI=1S/C37H64N2O9/c1-9-31(46-8)28(4)23-30(41)25-36(5,44)17-10-13-26(2)34-27(3)15-16-32(47-35(43)39-20-12-19-38(7)21-22-39)37(6,45)18-11-14-29(40)24-33(42)48-34/h10,13,15-17,27-32,34,40-41,44-45H,9,11-12,14,18-25H2,1-8H3/b16-15+,17-10+,26-13+. The van der Waals surface area contributed by atoms with E-state index in [-0.39, 0.29) is 37.7 Å². The average Bonchev–Trinajstić information content (AvgIpc) is 3.21. The number of allylic oxidation sites excluding steroid dienone is 2. The maximum absolute atomic E-state index is 13.2. The van der Waals surface area contributed by atoms with E-state index in [4.69, 9.17) is 14.2 Å². The normalized spacial score (nSPS) is 31.3. The maximum atomic E-state index is 13.2. The number of aliphatic hydroxyl groups is 4. The maximum Gasteiger partial charge on any atom is 0.410 e. The summed E-state index contributed by atoms with van der Waals surface area (Å²) in [6.45, 7) is 13.7. The van der Waals surface area contributed by atoms with E-state index in [1.165, 1.54) is 0 Å². The minimum Gasteiger partial charge on any atom is -0.457 e. The van der Waals surface area contributed by atoms with Crippen molar-refractivity contribution >= 4 is 12.1 Å². The number of hydrogen-bond acceptors (Lipinski definition) is 10. The van der Waals surface area contributed by atoms with Crippen molar-refractivity contribution in [2.75, 3.05) is 40.3 Å². The van der Waals surface area contributed by atoms with Gasteiger partial charge in [0.05, 0.1) is 30.3 Å². The number of aliphatic hydroxyl groups excluding tert-OH is 2. The van der Waals surface area contributed by atoms with E-state index in [0.29, 0.717) is 31.5 Å². The van der Waals surface area contributed by atoms with Crippen LogP contribution in [0.15, 0.2) is 36.0 Å². The van der Waals surface area contributed by atoms with Crippen LogP contribution in [0.2, 0.25) is 0 Å². The summed E-state index contributed by atoms with van der Waals surface area (Å²) in [5.41, 5.74) is -2.01. The molecule has 0 aromatic heterocycles. The minimum atomic E-state index is -1.41. The molecular formula is C37H64N2O9. The second-order valence-corrected chi connectivity index (χ2v) is 14.6. The summed E-state index contributed by atoms with van der Waals surface area (Å²) in [4.78, 5) is 30.0. The number of esters is 1. The third kappa shape index (κ3) is 14.3. The van der Waals surface area contributed by atoms with Crippen molar-refractivity contribution in [3.05, 3.63) is 36.0 Å². The highest BCUT2D eigenvalue weighted by molar-refractivity contribution is 5.70. The highest BCUT2D eigenvalue weighted by Gasteiger charge is 2.36. The van der Waals surface area contributed by atoms with E-state index in [1.807, 2.05) is 34.7 Å². The Morgan fingerprint density at radius 1 is 1.23 bits per heavy atom. The second kappa shape index (κ2) is 19.8. The topological polar surface area (TPSA) is 149 Å². The van der Waals surface area contributed by atoms with Gasteiger partial charge in [-0.1, -0.05) is 45.1 Å². The Morgan fingerprint density at radius 3 is 2.60 bits per heavy atom. The van der Waals surface area contributed by atoms with Crippen molar-refractivity contribution in [2.24, 2.45) is 11.8 Å². The van der Waals surface area contributed by atoms with Gasteiger partial charge in [-0.2, -0.15) is 0 Å². The summed E-state index contributed by atoms with van der Waals surface area (Å²) in [6, 6.07) is 0. The molecular weight excluding hydrogens is 616 g/mol. The molecule has 0 spiro atoms. The van der Waals surface area contributed by atoms with Crippen LogP contribution in [0.5, 0.6) is 0 Å². The Bertz CT molecular complexity index is 1080. The van der Waals surface area contributed by atoms with Crippen LogP contribution in [-0.4, -0.2) is 124 Å². The molecule has 276 valence electrons. The number of methoxy groups -OCH3 is 1. The van der Waals surface area contributed by atoms with Gasteiger partial charge in [0.15, 0.2) is 6.10 Å². The van der Waals surface area contributed by atoms with Crippen LogP contribution in [0.1, 0.15) is 92.9 Å². The lowest BCUT2D eigenvalue weighted by atomic mass is 9.89. The van der Waals surface area contributed by atoms with Gasteiger partial charge in [-0.15, -0.1) is 0 Å². The van der Waals surface area contributed by atoms with Crippen LogP contribution in [0, 0.1) is 11.8 Å². The molecule has 1 fully saturated rings. The average molecular weight is 681 g/mol. The molecule has 2 rings (SSSR count). The first-order chi connectivity index (χ1) is 22.5. The highest BCUT2D eigenvalue weighted by atomic mass is 16.6. The van der Waals surface area contributed by atoms with Crippen LogP contribution >= 0.6 is 0 Å². The van der Waals surface area contributed by atoms with Crippen molar-refractivity contribution in [3.8, 4) is 0 Å². The number of amides is 1. The van der Waals surface area contributed by atoms with Crippen molar-refractivity contribution < 1.29 is 44.2 Å².